The molecule has 0 bridgehead atoms. The molecule has 0 aliphatic rings. The largest absolute Gasteiger partial charge is 0.482 e. The Labute approximate surface area is 186 Å². The lowest BCUT2D eigenvalue weighted by molar-refractivity contribution is -0.384. The molecular formula is C19H16Cl2N6O4. The summed E-state index contributed by atoms with van der Waals surface area (Å²) in [7, 11) is 0. The number of carbonyl (C=O) groups excluding carboxylic acids is 1. The fraction of sp³-hybridized carbons (Fsp3) is 0.158. The smallest absolute Gasteiger partial charge is 0.277 e. The molecule has 0 saturated heterocycles. The van der Waals surface area contributed by atoms with Gasteiger partial charge in [0.1, 0.15) is 11.4 Å². The quantitative estimate of drug-likeness (QED) is 0.324. The number of ether oxygens (including phenoxy) is 1. The van der Waals surface area contributed by atoms with Crippen LogP contribution < -0.4 is 10.2 Å². The van der Waals surface area contributed by atoms with Crippen molar-refractivity contribution in [2.75, 3.05) is 6.61 Å². The van der Waals surface area contributed by atoms with Crippen molar-refractivity contribution in [3.63, 3.8) is 0 Å². The number of amides is 1. The van der Waals surface area contributed by atoms with Crippen LogP contribution in [0.15, 0.2) is 47.6 Å². The van der Waals surface area contributed by atoms with Crippen molar-refractivity contribution in [1.82, 2.24) is 20.4 Å². The van der Waals surface area contributed by atoms with E-state index in [1.807, 2.05) is 0 Å². The van der Waals surface area contributed by atoms with E-state index in [-0.39, 0.29) is 17.3 Å². The predicted molar refractivity (Wildman–Crippen MR) is 115 cm³/mol. The molecule has 1 amide bonds. The average Bonchev–Trinajstić information content (AvgIpc) is 3.12. The maximum Gasteiger partial charge on any atom is 0.277 e. The van der Waals surface area contributed by atoms with Crippen LogP contribution in [0.5, 0.6) is 5.75 Å². The SMILES string of the molecule is C/C(=N/NC(=O)COc1ccc(Cl)cc1Cl)c1nnn(-c2cccc([N+](=O)[O-])c2)c1C. The third kappa shape index (κ3) is 5.36. The molecule has 1 heterocycles. The molecule has 0 spiro atoms. The van der Waals surface area contributed by atoms with Gasteiger partial charge in [0.2, 0.25) is 0 Å². The van der Waals surface area contributed by atoms with Crippen LogP contribution in [0.25, 0.3) is 5.69 Å². The molecule has 12 heteroatoms. The summed E-state index contributed by atoms with van der Waals surface area (Å²) in [5.74, 6) is -0.188. The van der Waals surface area contributed by atoms with Gasteiger partial charge in [0.05, 0.1) is 27.0 Å². The molecule has 0 atom stereocenters. The molecule has 1 aromatic heterocycles. The number of benzene rings is 2. The molecule has 3 rings (SSSR count). The van der Waals surface area contributed by atoms with Gasteiger partial charge in [-0.2, -0.15) is 5.10 Å². The number of rotatable bonds is 7. The fourth-order valence-electron chi connectivity index (χ4n) is 2.61. The first-order chi connectivity index (χ1) is 14.8. The van der Waals surface area contributed by atoms with E-state index in [1.54, 1.807) is 38.1 Å². The number of hydrogen-bond acceptors (Lipinski definition) is 7. The van der Waals surface area contributed by atoms with Gasteiger partial charge in [0, 0.05) is 17.2 Å². The van der Waals surface area contributed by atoms with E-state index >= 15 is 0 Å². The number of hydrazone groups is 1. The Kier molecular flexibility index (Phi) is 6.83. The standard InChI is InChI=1S/C19H16Cl2N6O4/c1-11(22-23-18(28)10-31-17-7-6-13(20)8-16(17)21)19-12(2)26(25-24-19)14-4-3-5-15(9-14)27(29)30/h3-9H,10H2,1-2H3,(H,23,28)/b22-11-. The molecule has 2 aromatic carbocycles. The van der Waals surface area contributed by atoms with Crippen LogP contribution in [-0.2, 0) is 4.79 Å². The Bertz CT molecular complexity index is 1180. The minimum Gasteiger partial charge on any atom is -0.482 e. The third-order valence-corrected chi connectivity index (χ3v) is 4.65. The lowest BCUT2D eigenvalue weighted by Crippen LogP contribution is -2.25. The summed E-state index contributed by atoms with van der Waals surface area (Å²) in [6.07, 6.45) is 0. The van der Waals surface area contributed by atoms with Gasteiger partial charge in [-0.3, -0.25) is 14.9 Å². The highest BCUT2D eigenvalue weighted by atomic mass is 35.5. The Morgan fingerprint density at radius 1 is 1.29 bits per heavy atom. The zero-order chi connectivity index (χ0) is 22.5. The normalized spacial score (nSPS) is 11.3. The molecule has 0 aliphatic carbocycles. The van der Waals surface area contributed by atoms with Crippen molar-refractivity contribution in [3.05, 3.63) is 74.0 Å². The third-order valence-electron chi connectivity index (χ3n) is 4.12. The summed E-state index contributed by atoms with van der Waals surface area (Å²) in [5, 5.41) is 23.8. The molecule has 1 N–H and O–H groups in total. The van der Waals surface area contributed by atoms with Gasteiger partial charge in [-0.1, -0.05) is 34.5 Å². The topological polar surface area (TPSA) is 125 Å². The summed E-state index contributed by atoms with van der Waals surface area (Å²) in [6.45, 7) is 3.07. The van der Waals surface area contributed by atoms with E-state index in [0.29, 0.717) is 33.6 Å². The van der Waals surface area contributed by atoms with E-state index < -0.39 is 10.8 Å². The van der Waals surface area contributed by atoms with Crippen molar-refractivity contribution in [3.8, 4) is 11.4 Å². The highest BCUT2D eigenvalue weighted by Gasteiger charge is 2.15. The number of aromatic nitrogens is 3. The van der Waals surface area contributed by atoms with Gasteiger partial charge in [-0.25, -0.2) is 10.1 Å². The molecule has 160 valence electrons. The zero-order valence-electron chi connectivity index (χ0n) is 16.4. The van der Waals surface area contributed by atoms with Crippen molar-refractivity contribution >= 4 is 40.5 Å². The minimum absolute atomic E-state index is 0.0626. The number of nitro benzene ring substituents is 1. The number of hydrogen-bond donors (Lipinski definition) is 1. The molecule has 3 aromatic rings. The number of non-ortho nitro benzene ring substituents is 1. The molecule has 0 radical (unpaired) electrons. The molecule has 0 aliphatic heterocycles. The first kappa shape index (κ1) is 22.2. The Morgan fingerprint density at radius 3 is 2.77 bits per heavy atom. The van der Waals surface area contributed by atoms with Gasteiger partial charge in [0.25, 0.3) is 11.6 Å². The molecule has 0 fully saturated rings. The highest BCUT2D eigenvalue weighted by Crippen LogP contribution is 2.27. The number of nitrogens with one attached hydrogen (secondary N) is 1. The van der Waals surface area contributed by atoms with Crippen LogP contribution in [-0.4, -0.2) is 38.1 Å². The van der Waals surface area contributed by atoms with Crippen LogP contribution >= 0.6 is 23.2 Å². The number of nitrogens with zero attached hydrogens (tertiary/aromatic N) is 5. The second-order valence-electron chi connectivity index (χ2n) is 6.31. The highest BCUT2D eigenvalue weighted by molar-refractivity contribution is 6.35. The van der Waals surface area contributed by atoms with Crippen LogP contribution in [0.3, 0.4) is 0 Å². The van der Waals surface area contributed by atoms with Gasteiger partial charge in [-0.15, -0.1) is 5.10 Å². The number of nitro groups is 1. The zero-order valence-corrected chi connectivity index (χ0v) is 17.9. The predicted octanol–water partition coefficient (Wildman–Crippen LogP) is 3.71. The Balaban J connectivity index is 1.67. The van der Waals surface area contributed by atoms with Crippen molar-refractivity contribution in [1.29, 1.82) is 0 Å². The first-order valence-corrected chi connectivity index (χ1v) is 9.60. The Morgan fingerprint density at radius 2 is 2.06 bits per heavy atom. The number of carbonyl (C=O) groups is 1. The van der Waals surface area contributed by atoms with E-state index in [2.05, 4.69) is 20.8 Å². The maximum absolute atomic E-state index is 12.0. The van der Waals surface area contributed by atoms with E-state index in [9.17, 15) is 14.9 Å². The average molecular weight is 463 g/mol. The van der Waals surface area contributed by atoms with Crippen LogP contribution in [0, 0.1) is 17.0 Å². The van der Waals surface area contributed by atoms with Gasteiger partial charge in [-0.05, 0) is 38.1 Å². The summed E-state index contributed by atoms with van der Waals surface area (Å²) < 4.78 is 6.80. The van der Waals surface area contributed by atoms with E-state index in [0.717, 1.165) is 0 Å². The van der Waals surface area contributed by atoms with Crippen LogP contribution in [0.4, 0.5) is 5.69 Å². The van der Waals surface area contributed by atoms with Crippen molar-refractivity contribution < 1.29 is 14.5 Å². The lowest BCUT2D eigenvalue weighted by Gasteiger charge is -2.07. The van der Waals surface area contributed by atoms with E-state index in [1.165, 1.54) is 22.9 Å². The Hall–Kier alpha value is -3.50. The summed E-state index contributed by atoms with van der Waals surface area (Å²) in [6, 6.07) is 10.7. The lowest BCUT2D eigenvalue weighted by atomic mass is 10.2. The van der Waals surface area contributed by atoms with E-state index in [4.69, 9.17) is 27.9 Å². The minimum atomic E-state index is -0.505. The molecule has 10 nitrogen and oxygen atoms in total. The summed E-state index contributed by atoms with van der Waals surface area (Å²) in [5.41, 5.74) is 4.21. The first-order valence-electron chi connectivity index (χ1n) is 8.84. The van der Waals surface area contributed by atoms with Crippen molar-refractivity contribution in [2.45, 2.75) is 13.8 Å². The molecule has 31 heavy (non-hydrogen) atoms. The second kappa shape index (κ2) is 9.54. The van der Waals surface area contributed by atoms with Gasteiger partial charge < -0.3 is 4.74 Å². The van der Waals surface area contributed by atoms with Crippen LogP contribution in [0.1, 0.15) is 18.3 Å². The second-order valence-corrected chi connectivity index (χ2v) is 7.15. The summed E-state index contributed by atoms with van der Waals surface area (Å²) >= 11 is 11.8. The fourth-order valence-corrected chi connectivity index (χ4v) is 3.08. The molecule has 0 unspecified atom stereocenters. The summed E-state index contributed by atoms with van der Waals surface area (Å²) in [4.78, 5) is 22.5. The molecule has 0 saturated carbocycles. The molecular weight excluding hydrogens is 447 g/mol. The number of halogens is 2. The van der Waals surface area contributed by atoms with Gasteiger partial charge in [0.15, 0.2) is 6.61 Å². The van der Waals surface area contributed by atoms with Crippen molar-refractivity contribution in [2.24, 2.45) is 5.10 Å². The van der Waals surface area contributed by atoms with Crippen LogP contribution in [0.2, 0.25) is 10.0 Å². The monoisotopic (exact) mass is 462 g/mol. The van der Waals surface area contributed by atoms with Gasteiger partial charge >= 0.3 is 0 Å². The maximum atomic E-state index is 12.0.